The zero-order valence-corrected chi connectivity index (χ0v) is 12.8. The number of carbonyl (C=O) groups is 1. The molecule has 2 aromatic rings. The van der Waals surface area contributed by atoms with Gasteiger partial charge in [-0.2, -0.15) is 0 Å². The fourth-order valence-electron chi connectivity index (χ4n) is 3.00. The second kappa shape index (κ2) is 5.85. The zero-order chi connectivity index (χ0) is 14.8. The molecule has 0 saturated carbocycles. The van der Waals surface area contributed by atoms with Crippen LogP contribution >= 0.6 is 12.2 Å². The number of fused-ring (bicyclic) bond motifs is 1. The highest BCUT2D eigenvalue weighted by Crippen LogP contribution is 2.30. The first-order valence-corrected chi connectivity index (χ1v) is 7.65. The Morgan fingerprint density at radius 1 is 1.43 bits per heavy atom. The summed E-state index contributed by atoms with van der Waals surface area (Å²) in [5.41, 5.74) is 3.26. The first-order valence-electron chi connectivity index (χ1n) is 7.24. The molecule has 5 heteroatoms. The molecule has 0 fully saturated rings. The molecule has 0 saturated heterocycles. The monoisotopic (exact) mass is 302 g/mol. The molecular formula is C16H18N2O2S. The largest absolute Gasteiger partial charge is 0.461 e. The number of aromatic amines is 1. The van der Waals surface area contributed by atoms with Crippen LogP contribution in [0.4, 0.5) is 0 Å². The highest BCUT2D eigenvalue weighted by Gasteiger charge is 2.24. The molecule has 1 atom stereocenters. The summed E-state index contributed by atoms with van der Waals surface area (Å²) >= 11 is 5.36. The number of hydrogen-bond acceptors (Lipinski definition) is 3. The summed E-state index contributed by atoms with van der Waals surface area (Å²) in [4.78, 5) is 15.0. The van der Waals surface area contributed by atoms with Gasteiger partial charge < -0.3 is 14.3 Å². The Morgan fingerprint density at radius 2 is 2.19 bits per heavy atom. The Kier molecular flexibility index (Phi) is 3.92. The van der Waals surface area contributed by atoms with Gasteiger partial charge in [0.25, 0.3) is 0 Å². The van der Waals surface area contributed by atoms with Crippen molar-refractivity contribution in [2.75, 3.05) is 6.61 Å². The summed E-state index contributed by atoms with van der Waals surface area (Å²) in [5, 5.41) is 0. The number of aryl methyl sites for hydroxylation is 1. The van der Waals surface area contributed by atoms with Crippen LogP contribution in [0.5, 0.6) is 0 Å². The summed E-state index contributed by atoms with van der Waals surface area (Å²) in [7, 11) is 0. The SMILES string of the molecule is CCOC(=O)c1c[nH]c(=S)n1C1CCc2ccccc2C1. The van der Waals surface area contributed by atoms with Gasteiger partial charge in [0.15, 0.2) is 4.77 Å². The lowest BCUT2D eigenvalue weighted by atomic mass is 9.88. The maximum atomic E-state index is 12.1. The van der Waals surface area contributed by atoms with Crippen LogP contribution in [0.15, 0.2) is 30.5 Å². The lowest BCUT2D eigenvalue weighted by Gasteiger charge is -2.26. The van der Waals surface area contributed by atoms with Crippen molar-refractivity contribution in [3.8, 4) is 0 Å². The van der Waals surface area contributed by atoms with Gasteiger partial charge in [-0.25, -0.2) is 4.79 Å². The minimum Gasteiger partial charge on any atom is -0.461 e. The number of esters is 1. The van der Waals surface area contributed by atoms with Gasteiger partial charge in [-0.05, 0) is 49.5 Å². The average Bonchev–Trinajstić information content (AvgIpc) is 2.89. The molecule has 1 aromatic heterocycles. The van der Waals surface area contributed by atoms with E-state index in [1.54, 1.807) is 13.1 Å². The smallest absolute Gasteiger partial charge is 0.356 e. The van der Waals surface area contributed by atoms with E-state index < -0.39 is 0 Å². The third-order valence-corrected chi connectivity index (χ3v) is 4.30. The molecule has 1 unspecified atom stereocenters. The van der Waals surface area contributed by atoms with Crippen LogP contribution in [0.1, 0.15) is 41.0 Å². The molecule has 3 rings (SSSR count). The highest BCUT2D eigenvalue weighted by molar-refractivity contribution is 7.71. The van der Waals surface area contributed by atoms with Crippen LogP contribution in [0.2, 0.25) is 0 Å². The Bertz CT molecular complexity index is 717. The molecule has 0 bridgehead atoms. The number of imidazole rings is 1. The number of hydrogen-bond donors (Lipinski definition) is 1. The van der Waals surface area contributed by atoms with Crippen molar-refractivity contribution in [3.05, 3.63) is 52.1 Å². The number of aromatic nitrogens is 2. The van der Waals surface area contributed by atoms with Gasteiger partial charge in [0.05, 0.1) is 6.61 Å². The van der Waals surface area contributed by atoms with Crippen molar-refractivity contribution in [2.24, 2.45) is 0 Å². The van der Waals surface area contributed by atoms with E-state index in [1.807, 2.05) is 4.57 Å². The van der Waals surface area contributed by atoms with Crippen LogP contribution in [0.25, 0.3) is 0 Å². The quantitative estimate of drug-likeness (QED) is 0.698. The highest BCUT2D eigenvalue weighted by atomic mass is 32.1. The maximum absolute atomic E-state index is 12.1. The molecule has 0 amide bonds. The average molecular weight is 302 g/mol. The van der Waals surface area contributed by atoms with Gasteiger partial charge in [-0.1, -0.05) is 24.3 Å². The maximum Gasteiger partial charge on any atom is 0.356 e. The number of benzene rings is 1. The summed E-state index contributed by atoms with van der Waals surface area (Å²) in [6.45, 7) is 2.17. The van der Waals surface area contributed by atoms with Gasteiger partial charge >= 0.3 is 5.97 Å². The van der Waals surface area contributed by atoms with Gasteiger partial charge in [0.1, 0.15) is 5.69 Å². The molecule has 1 aromatic carbocycles. The lowest BCUT2D eigenvalue weighted by Crippen LogP contribution is -2.22. The van der Waals surface area contributed by atoms with Crippen molar-refractivity contribution < 1.29 is 9.53 Å². The molecule has 1 N–H and O–H groups in total. The molecule has 0 radical (unpaired) electrons. The Balaban J connectivity index is 1.94. The molecule has 1 aliphatic rings. The van der Waals surface area contributed by atoms with Gasteiger partial charge in [-0.15, -0.1) is 0 Å². The van der Waals surface area contributed by atoms with E-state index in [0.29, 0.717) is 17.1 Å². The third-order valence-electron chi connectivity index (χ3n) is 3.98. The van der Waals surface area contributed by atoms with Crippen LogP contribution in [0.3, 0.4) is 0 Å². The van der Waals surface area contributed by atoms with Gasteiger partial charge in [0, 0.05) is 12.2 Å². The molecule has 0 aliphatic heterocycles. The minimum absolute atomic E-state index is 0.207. The number of rotatable bonds is 3. The molecule has 0 spiro atoms. The predicted octanol–water partition coefficient (Wildman–Crippen LogP) is 3.45. The second-order valence-corrected chi connectivity index (χ2v) is 5.62. The topological polar surface area (TPSA) is 47.0 Å². The number of carbonyl (C=O) groups excluding carboxylic acids is 1. The van der Waals surface area contributed by atoms with E-state index in [1.165, 1.54) is 11.1 Å². The predicted molar refractivity (Wildman–Crippen MR) is 83.1 cm³/mol. The minimum atomic E-state index is -0.316. The summed E-state index contributed by atoms with van der Waals surface area (Å²) in [6, 6.07) is 8.67. The number of H-pyrrole nitrogens is 1. The number of nitrogens with zero attached hydrogens (tertiary/aromatic N) is 1. The standard InChI is InChI=1S/C16H18N2O2S/c1-2-20-15(19)14-10-17-16(21)18(14)13-8-7-11-5-3-4-6-12(11)9-13/h3-6,10,13H,2,7-9H2,1H3,(H,17,21). The van der Waals surface area contributed by atoms with E-state index in [9.17, 15) is 4.79 Å². The molecular weight excluding hydrogens is 284 g/mol. The second-order valence-electron chi connectivity index (χ2n) is 5.23. The fourth-order valence-corrected chi connectivity index (χ4v) is 3.31. The first kappa shape index (κ1) is 14.1. The van der Waals surface area contributed by atoms with E-state index >= 15 is 0 Å². The van der Waals surface area contributed by atoms with Crippen molar-refractivity contribution in [3.63, 3.8) is 0 Å². The van der Waals surface area contributed by atoms with Crippen molar-refractivity contribution in [1.82, 2.24) is 9.55 Å². The Hall–Kier alpha value is -1.88. The number of ether oxygens (including phenoxy) is 1. The molecule has 21 heavy (non-hydrogen) atoms. The Morgan fingerprint density at radius 3 is 2.95 bits per heavy atom. The van der Waals surface area contributed by atoms with Crippen molar-refractivity contribution in [1.29, 1.82) is 0 Å². The Labute approximate surface area is 128 Å². The van der Waals surface area contributed by atoms with Crippen LogP contribution in [-0.2, 0) is 17.6 Å². The van der Waals surface area contributed by atoms with E-state index in [0.717, 1.165) is 19.3 Å². The molecule has 110 valence electrons. The van der Waals surface area contributed by atoms with Crippen molar-refractivity contribution >= 4 is 18.2 Å². The van der Waals surface area contributed by atoms with Crippen LogP contribution in [0, 0.1) is 4.77 Å². The first-order chi connectivity index (χ1) is 10.2. The normalized spacial score (nSPS) is 17.3. The number of nitrogens with one attached hydrogen (secondary N) is 1. The third kappa shape index (κ3) is 2.65. The lowest BCUT2D eigenvalue weighted by molar-refractivity contribution is 0.0510. The van der Waals surface area contributed by atoms with Crippen LogP contribution < -0.4 is 0 Å². The fraction of sp³-hybridized carbons (Fsp3) is 0.375. The van der Waals surface area contributed by atoms with Crippen molar-refractivity contribution in [2.45, 2.75) is 32.2 Å². The molecule has 4 nitrogen and oxygen atoms in total. The summed E-state index contributed by atoms with van der Waals surface area (Å²) in [6.07, 6.45) is 4.54. The van der Waals surface area contributed by atoms with Gasteiger partial charge in [-0.3, -0.25) is 0 Å². The zero-order valence-electron chi connectivity index (χ0n) is 12.0. The van der Waals surface area contributed by atoms with Gasteiger partial charge in [0.2, 0.25) is 0 Å². The molecule has 1 heterocycles. The van der Waals surface area contributed by atoms with Crippen LogP contribution in [-0.4, -0.2) is 22.1 Å². The van der Waals surface area contributed by atoms with E-state index in [4.69, 9.17) is 17.0 Å². The van der Waals surface area contributed by atoms with E-state index in [2.05, 4.69) is 29.2 Å². The summed E-state index contributed by atoms with van der Waals surface area (Å²) in [5.74, 6) is -0.316. The molecule has 1 aliphatic carbocycles. The van der Waals surface area contributed by atoms with E-state index in [-0.39, 0.29) is 12.0 Å². The summed E-state index contributed by atoms with van der Waals surface area (Å²) < 4.78 is 7.62.